The Morgan fingerprint density at radius 3 is 2.34 bits per heavy atom. The first-order chi connectivity index (χ1) is 15.7. The summed E-state index contributed by atoms with van der Waals surface area (Å²) in [6, 6.07) is 18.0. The van der Waals surface area contributed by atoms with Gasteiger partial charge < -0.3 is 20.3 Å². The second kappa shape index (κ2) is 9.36. The van der Waals surface area contributed by atoms with E-state index in [-0.39, 0.29) is 11.8 Å². The van der Waals surface area contributed by atoms with Crippen molar-refractivity contribution < 1.29 is 9.53 Å². The number of carbonyl (C=O) groups is 1. The molecule has 2 N–H and O–H groups in total. The number of hydrogen-bond donors (Lipinski definition) is 2. The quantitative estimate of drug-likeness (QED) is 0.602. The monoisotopic (exact) mass is 429 g/mol. The second-order valence-electron chi connectivity index (χ2n) is 8.23. The van der Waals surface area contributed by atoms with E-state index in [2.05, 4.69) is 37.6 Å². The van der Waals surface area contributed by atoms with Crippen molar-refractivity contribution in [2.45, 2.75) is 19.3 Å². The fraction of sp³-hybridized carbons (Fsp3) is 0.320. The van der Waals surface area contributed by atoms with Crippen molar-refractivity contribution in [1.82, 2.24) is 9.97 Å². The Kier molecular flexibility index (Phi) is 5.98. The first-order valence-electron chi connectivity index (χ1n) is 11.2. The smallest absolute Gasteiger partial charge is 0.227 e. The Labute approximate surface area is 187 Å². The lowest BCUT2D eigenvalue weighted by Crippen LogP contribution is -2.36. The van der Waals surface area contributed by atoms with Crippen LogP contribution in [0.4, 0.5) is 23.0 Å². The number of benzene rings is 2. The van der Waals surface area contributed by atoms with Gasteiger partial charge in [-0.25, -0.2) is 9.97 Å². The summed E-state index contributed by atoms with van der Waals surface area (Å²) < 4.78 is 5.42. The van der Waals surface area contributed by atoms with Gasteiger partial charge in [-0.15, -0.1) is 0 Å². The van der Waals surface area contributed by atoms with E-state index in [0.29, 0.717) is 5.95 Å². The van der Waals surface area contributed by atoms with Crippen LogP contribution in [0.5, 0.6) is 0 Å². The molecule has 1 amide bonds. The lowest BCUT2D eigenvalue weighted by atomic mass is 9.85. The molecule has 7 heteroatoms. The first-order valence-corrected chi connectivity index (χ1v) is 11.2. The van der Waals surface area contributed by atoms with E-state index in [9.17, 15) is 4.79 Å². The molecule has 1 aliphatic heterocycles. The van der Waals surface area contributed by atoms with Crippen LogP contribution in [-0.2, 0) is 9.53 Å². The van der Waals surface area contributed by atoms with Gasteiger partial charge >= 0.3 is 0 Å². The van der Waals surface area contributed by atoms with Gasteiger partial charge in [0, 0.05) is 47.8 Å². The molecule has 2 aliphatic rings. The van der Waals surface area contributed by atoms with Crippen LogP contribution in [0.1, 0.15) is 19.3 Å². The van der Waals surface area contributed by atoms with E-state index >= 15 is 0 Å². The number of ether oxygens (including phenoxy) is 1. The summed E-state index contributed by atoms with van der Waals surface area (Å²) in [4.78, 5) is 23.5. The van der Waals surface area contributed by atoms with Crippen molar-refractivity contribution in [1.29, 1.82) is 0 Å². The molecule has 7 nitrogen and oxygen atoms in total. The molecule has 32 heavy (non-hydrogen) atoms. The van der Waals surface area contributed by atoms with Gasteiger partial charge in [-0.1, -0.05) is 18.6 Å². The normalized spacial score (nSPS) is 16.3. The molecule has 0 bridgehead atoms. The first kappa shape index (κ1) is 20.5. The molecular weight excluding hydrogens is 402 g/mol. The third-order valence-corrected chi connectivity index (χ3v) is 6.08. The molecule has 1 aromatic heterocycles. The van der Waals surface area contributed by atoms with Crippen LogP contribution in [0, 0.1) is 5.92 Å². The molecule has 0 spiro atoms. The van der Waals surface area contributed by atoms with E-state index < -0.39 is 0 Å². The van der Waals surface area contributed by atoms with Crippen molar-refractivity contribution in [3.8, 4) is 11.3 Å². The summed E-state index contributed by atoms with van der Waals surface area (Å²) in [7, 11) is 0. The molecule has 0 radical (unpaired) electrons. The molecule has 3 aromatic rings. The Balaban J connectivity index is 1.23. The summed E-state index contributed by atoms with van der Waals surface area (Å²) in [6.45, 7) is 3.38. The molecule has 164 valence electrons. The van der Waals surface area contributed by atoms with E-state index in [4.69, 9.17) is 4.74 Å². The number of aromatic nitrogens is 2. The van der Waals surface area contributed by atoms with Gasteiger partial charge in [-0.3, -0.25) is 4.79 Å². The highest BCUT2D eigenvalue weighted by atomic mass is 16.5. The number of carbonyl (C=O) groups excluding carboxylic acids is 1. The average molecular weight is 430 g/mol. The number of anilines is 4. The molecule has 2 heterocycles. The minimum absolute atomic E-state index is 0.122. The zero-order valence-corrected chi connectivity index (χ0v) is 18.0. The van der Waals surface area contributed by atoms with Crippen LogP contribution >= 0.6 is 0 Å². The summed E-state index contributed by atoms with van der Waals surface area (Å²) in [6.07, 6.45) is 4.89. The number of nitrogens with one attached hydrogen (secondary N) is 2. The minimum atomic E-state index is 0.122. The molecule has 1 saturated heterocycles. The zero-order chi connectivity index (χ0) is 21.8. The summed E-state index contributed by atoms with van der Waals surface area (Å²) >= 11 is 0. The number of morpholine rings is 1. The third kappa shape index (κ3) is 4.73. The summed E-state index contributed by atoms with van der Waals surface area (Å²) in [5, 5.41) is 6.28. The van der Waals surface area contributed by atoms with Crippen molar-refractivity contribution in [3.63, 3.8) is 0 Å². The maximum atomic E-state index is 12.1. The SMILES string of the molecule is O=C(Nc1ccc(-c2ccnc(Nc3ccc(N4CCOCC4)cc3)n2)cc1)C1CCC1. The number of nitrogens with zero attached hydrogens (tertiary/aromatic N) is 3. The maximum absolute atomic E-state index is 12.1. The van der Waals surface area contributed by atoms with Crippen LogP contribution in [0.2, 0.25) is 0 Å². The zero-order valence-electron chi connectivity index (χ0n) is 18.0. The maximum Gasteiger partial charge on any atom is 0.227 e. The molecule has 2 aromatic carbocycles. The number of rotatable bonds is 6. The Morgan fingerprint density at radius 2 is 1.66 bits per heavy atom. The molecule has 1 saturated carbocycles. The van der Waals surface area contributed by atoms with Gasteiger partial charge in [0.05, 0.1) is 18.9 Å². The molecule has 0 atom stereocenters. The van der Waals surface area contributed by atoms with Gasteiger partial charge in [0.2, 0.25) is 11.9 Å². The molecule has 0 unspecified atom stereocenters. The fourth-order valence-corrected chi connectivity index (χ4v) is 3.93. The Hall–Kier alpha value is -3.45. The van der Waals surface area contributed by atoms with Crippen molar-refractivity contribution in [3.05, 3.63) is 60.8 Å². The standard InChI is InChI=1S/C25H27N5O2/c31-24(19-2-1-3-19)27-20-6-4-18(5-7-20)23-12-13-26-25(29-23)28-21-8-10-22(11-9-21)30-14-16-32-17-15-30/h4-13,19H,1-3,14-17H2,(H,27,31)(H,26,28,29). The van der Waals surface area contributed by atoms with Crippen molar-refractivity contribution in [2.24, 2.45) is 5.92 Å². The third-order valence-electron chi connectivity index (χ3n) is 6.08. The average Bonchev–Trinajstić information content (AvgIpc) is 2.80. The van der Waals surface area contributed by atoms with Crippen LogP contribution in [-0.4, -0.2) is 42.2 Å². The molecular formula is C25H27N5O2. The Morgan fingerprint density at radius 1 is 0.938 bits per heavy atom. The number of amides is 1. The Bertz CT molecular complexity index is 1060. The fourth-order valence-electron chi connectivity index (χ4n) is 3.93. The van der Waals surface area contributed by atoms with Gasteiger partial charge in [-0.05, 0) is 55.3 Å². The lowest BCUT2D eigenvalue weighted by molar-refractivity contribution is -0.122. The highest BCUT2D eigenvalue weighted by Gasteiger charge is 2.25. The van der Waals surface area contributed by atoms with Crippen molar-refractivity contribution in [2.75, 3.05) is 41.8 Å². The van der Waals surface area contributed by atoms with Crippen molar-refractivity contribution >= 4 is 28.9 Å². The van der Waals surface area contributed by atoms with Gasteiger partial charge in [0.15, 0.2) is 0 Å². The molecule has 2 fully saturated rings. The summed E-state index contributed by atoms with van der Waals surface area (Å²) in [5.74, 6) is 0.842. The van der Waals surface area contributed by atoms with Crippen LogP contribution in [0.3, 0.4) is 0 Å². The van der Waals surface area contributed by atoms with E-state index in [0.717, 1.165) is 68.2 Å². The van der Waals surface area contributed by atoms with Gasteiger partial charge in [-0.2, -0.15) is 0 Å². The van der Waals surface area contributed by atoms with E-state index in [1.54, 1.807) is 6.20 Å². The molecule has 5 rings (SSSR count). The highest BCUT2D eigenvalue weighted by molar-refractivity contribution is 5.93. The number of hydrogen-bond acceptors (Lipinski definition) is 6. The second-order valence-corrected chi connectivity index (χ2v) is 8.23. The van der Waals surface area contributed by atoms with E-state index in [1.165, 1.54) is 5.69 Å². The molecule has 1 aliphatic carbocycles. The summed E-state index contributed by atoms with van der Waals surface area (Å²) in [5.41, 5.74) is 4.74. The topological polar surface area (TPSA) is 79.4 Å². The predicted molar refractivity (Wildman–Crippen MR) is 126 cm³/mol. The van der Waals surface area contributed by atoms with Crippen LogP contribution in [0.15, 0.2) is 60.8 Å². The predicted octanol–water partition coefficient (Wildman–Crippen LogP) is 4.46. The lowest BCUT2D eigenvalue weighted by Gasteiger charge is -2.28. The van der Waals surface area contributed by atoms with Gasteiger partial charge in [0.25, 0.3) is 0 Å². The largest absolute Gasteiger partial charge is 0.378 e. The van der Waals surface area contributed by atoms with Gasteiger partial charge in [0.1, 0.15) is 0 Å². The van der Waals surface area contributed by atoms with E-state index in [1.807, 2.05) is 42.5 Å². The minimum Gasteiger partial charge on any atom is -0.378 e. The van der Waals surface area contributed by atoms with Crippen LogP contribution in [0.25, 0.3) is 11.3 Å². The highest BCUT2D eigenvalue weighted by Crippen LogP contribution is 2.28. The van der Waals surface area contributed by atoms with Crippen LogP contribution < -0.4 is 15.5 Å².